The first-order valence-electron chi connectivity index (χ1n) is 3.18. The smallest absolute Gasteiger partial charge is 0.213 e. The van der Waals surface area contributed by atoms with Gasteiger partial charge in [0.1, 0.15) is 0 Å². The highest BCUT2D eigenvalue weighted by atomic mass is 79.9. The van der Waals surface area contributed by atoms with Crippen LogP contribution in [0.1, 0.15) is 0 Å². The Morgan fingerprint density at radius 3 is 2.36 bits per heavy atom. The molecule has 1 rings (SSSR count). The topological polar surface area (TPSA) is 20.3 Å². The van der Waals surface area contributed by atoms with E-state index in [2.05, 4.69) is 15.9 Å². The lowest BCUT2D eigenvalue weighted by Crippen LogP contribution is -2.13. The summed E-state index contributed by atoms with van der Waals surface area (Å²) in [6.45, 7) is 0. The van der Waals surface area contributed by atoms with Gasteiger partial charge in [0.05, 0.1) is 0 Å². The molecule has 0 saturated heterocycles. The van der Waals surface area contributed by atoms with Crippen LogP contribution in [-0.4, -0.2) is 13.5 Å². The highest BCUT2D eigenvalue weighted by Crippen LogP contribution is 2.15. The Hall–Kier alpha value is -0.830. The molecule has 1 amide bonds. The molecule has 1 aromatic rings. The zero-order valence-corrected chi connectivity index (χ0v) is 7.71. The van der Waals surface area contributed by atoms with Gasteiger partial charge in [-0.3, -0.25) is 4.79 Å². The number of carbonyl (C=O) groups excluding carboxylic acids is 1. The Morgan fingerprint density at radius 2 is 1.91 bits per heavy atom. The summed E-state index contributed by atoms with van der Waals surface area (Å²) in [6.07, 6.45) is 0.781. The Kier molecular flexibility index (Phi) is 2.65. The monoisotopic (exact) mass is 213 g/mol. The predicted octanol–water partition coefficient (Wildman–Crippen LogP) is 2.04. The fraction of sp³-hybridized carbons (Fsp3) is 0.125. The lowest BCUT2D eigenvalue weighted by atomic mass is 10.3. The molecule has 0 spiro atoms. The number of hydrogen-bond acceptors (Lipinski definition) is 1. The van der Waals surface area contributed by atoms with Crippen LogP contribution in [0.4, 0.5) is 5.69 Å². The first-order chi connectivity index (χ1) is 5.24. The predicted molar refractivity (Wildman–Crippen MR) is 48.6 cm³/mol. The van der Waals surface area contributed by atoms with E-state index in [0.29, 0.717) is 0 Å². The molecular formula is C8H8BrNO. The van der Waals surface area contributed by atoms with Crippen LogP contribution in [0, 0.1) is 0 Å². The highest BCUT2D eigenvalue weighted by Gasteiger charge is 1.95. The van der Waals surface area contributed by atoms with E-state index in [1.54, 1.807) is 7.05 Å². The molecule has 2 nitrogen and oxygen atoms in total. The van der Waals surface area contributed by atoms with Gasteiger partial charge in [0, 0.05) is 17.2 Å². The second kappa shape index (κ2) is 3.53. The number of amides is 1. The lowest BCUT2D eigenvalue weighted by Gasteiger charge is -2.09. The van der Waals surface area contributed by atoms with Gasteiger partial charge in [-0.2, -0.15) is 0 Å². The molecule has 0 aliphatic carbocycles. The van der Waals surface area contributed by atoms with E-state index in [9.17, 15) is 4.79 Å². The number of halogens is 1. The van der Waals surface area contributed by atoms with E-state index in [1.165, 1.54) is 4.90 Å². The van der Waals surface area contributed by atoms with Crippen LogP contribution in [0.3, 0.4) is 0 Å². The summed E-state index contributed by atoms with van der Waals surface area (Å²) >= 11 is 3.31. The van der Waals surface area contributed by atoms with Crippen LogP contribution >= 0.6 is 15.9 Å². The molecule has 0 radical (unpaired) electrons. The largest absolute Gasteiger partial charge is 0.318 e. The molecule has 0 aromatic heterocycles. The molecular weight excluding hydrogens is 206 g/mol. The first-order valence-corrected chi connectivity index (χ1v) is 3.97. The Bertz CT molecular complexity index is 245. The number of anilines is 1. The third kappa shape index (κ3) is 2.05. The zero-order chi connectivity index (χ0) is 8.27. The van der Waals surface area contributed by atoms with Crippen molar-refractivity contribution >= 4 is 28.0 Å². The maximum Gasteiger partial charge on any atom is 0.213 e. The van der Waals surface area contributed by atoms with Crippen molar-refractivity contribution in [2.24, 2.45) is 0 Å². The molecule has 1 aromatic carbocycles. The molecule has 0 heterocycles. The lowest BCUT2D eigenvalue weighted by molar-refractivity contribution is -0.107. The van der Waals surface area contributed by atoms with Crippen LogP contribution in [-0.2, 0) is 4.79 Å². The van der Waals surface area contributed by atoms with E-state index < -0.39 is 0 Å². The fourth-order valence-electron chi connectivity index (χ4n) is 0.737. The van der Waals surface area contributed by atoms with Gasteiger partial charge in [-0.25, -0.2) is 0 Å². The van der Waals surface area contributed by atoms with Crippen molar-refractivity contribution in [1.82, 2.24) is 0 Å². The fourth-order valence-corrected chi connectivity index (χ4v) is 1.00. The minimum absolute atomic E-state index is 0.781. The maximum atomic E-state index is 10.3. The summed E-state index contributed by atoms with van der Waals surface area (Å²) in [5, 5.41) is 0. The van der Waals surface area contributed by atoms with Crippen LogP contribution < -0.4 is 4.90 Å². The standard InChI is InChI=1S/C8H8BrNO/c1-10(6-11)8-4-2-7(9)3-5-8/h2-6H,1H3. The molecule has 11 heavy (non-hydrogen) atoms. The Labute approximate surface area is 74.0 Å². The number of rotatable bonds is 2. The van der Waals surface area contributed by atoms with E-state index in [4.69, 9.17) is 0 Å². The van der Waals surface area contributed by atoms with Gasteiger partial charge >= 0.3 is 0 Å². The van der Waals surface area contributed by atoms with Gasteiger partial charge < -0.3 is 4.90 Å². The summed E-state index contributed by atoms with van der Waals surface area (Å²) < 4.78 is 1.01. The quantitative estimate of drug-likeness (QED) is 0.690. The van der Waals surface area contributed by atoms with Crippen molar-refractivity contribution in [3.63, 3.8) is 0 Å². The van der Waals surface area contributed by atoms with Crippen molar-refractivity contribution in [3.8, 4) is 0 Å². The number of hydrogen-bond donors (Lipinski definition) is 0. The van der Waals surface area contributed by atoms with Gasteiger partial charge in [-0.15, -0.1) is 0 Å². The van der Waals surface area contributed by atoms with E-state index in [-0.39, 0.29) is 0 Å². The number of nitrogens with zero attached hydrogens (tertiary/aromatic N) is 1. The van der Waals surface area contributed by atoms with Crippen LogP contribution in [0.5, 0.6) is 0 Å². The molecule has 0 aliphatic heterocycles. The average molecular weight is 214 g/mol. The summed E-state index contributed by atoms with van der Waals surface area (Å²) in [7, 11) is 1.72. The normalized spacial score (nSPS) is 9.27. The molecule has 0 N–H and O–H groups in total. The average Bonchev–Trinajstić information content (AvgIpc) is 2.05. The molecule has 0 saturated carbocycles. The third-order valence-electron chi connectivity index (χ3n) is 1.39. The second-order valence-electron chi connectivity index (χ2n) is 2.19. The Morgan fingerprint density at radius 1 is 1.36 bits per heavy atom. The second-order valence-corrected chi connectivity index (χ2v) is 3.11. The molecule has 0 bridgehead atoms. The summed E-state index contributed by atoms with van der Waals surface area (Å²) in [4.78, 5) is 11.8. The third-order valence-corrected chi connectivity index (χ3v) is 1.92. The van der Waals surface area contributed by atoms with E-state index in [1.807, 2.05) is 24.3 Å². The molecule has 58 valence electrons. The van der Waals surface area contributed by atoms with Gasteiger partial charge in [-0.1, -0.05) is 15.9 Å². The molecule has 0 unspecified atom stereocenters. The first kappa shape index (κ1) is 8.27. The highest BCUT2D eigenvalue weighted by molar-refractivity contribution is 9.10. The SMILES string of the molecule is CN(C=O)c1ccc(Br)cc1. The van der Waals surface area contributed by atoms with Gasteiger partial charge in [0.2, 0.25) is 6.41 Å². The maximum absolute atomic E-state index is 10.3. The van der Waals surface area contributed by atoms with Crippen LogP contribution in [0.15, 0.2) is 28.7 Å². The van der Waals surface area contributed by atoms with Gasteiger partial charge in [0.25, 0.3) is 0 Å². The van der Waals surface area contributed by atoms with E-state index >= 15 is 0 Å². The van der Waals surface area contributed by atoms with Crippen molar-refractivity contribution in [2.75, 3.05) is 11.9 Å². The van der Waals surface area contributed by atoms with Crippen LogP contribution in [0.25, 0.3) is 0 Å². The Balaban J connectivity index is 2.89. The van der Waals surface area contributed by atoms with Crippen LogP contribution in [0.2, 0.25) is 0 Å². The summed E-state index contributed by atoms with van der Waals surface area (Å²) in [5.41, 5.74) is 0.892. The van der Waals surface area contributed by atoms with Crippen molar-refractivity contribution in [3.05, 3.63) is 28.7 Å². The van der Waals surface area contributed by atoms with Crippen molar-refractivity contribution in [1.29, 1.82) is 0 Å². The van der Waals surface area contributed by atoms with Gasteiger partial charge in [0.15, 0.2) is 0 Å². The molecule has 0 fully saturated rings. The van der Waals surface area contributed by atoms with Gasteiger partial charge in [-0.05, 0) is 24.3 Å². The molecule has 0 aliphatic rings. The summed E-state index contributed by atoms with van der Waals surface area (Å²) in [5.74, 6) is 0. The van der Waals surface area contributed by atoms with E-state index in [0.717, 1.165) is 16.6 Å². The molecule has 0 atom stereocenters. The van der Waals surface area contributed by atoms with Crippen molar-refractivity contribution < 1.29 is 4.79 Å². The molecule has 3 heteroatoms. The van der Waals surface area contributed by atoms with Crippen molar-refractivity contribution in [2.45, 2.75) is 0 Å². The minimum atomic E-state index is 0.781. The minimum Gasteiger partial charge on any atom is -0.318 e. The zero-order valence-electron chi connectivity index (χ0n) is 6.12. The number of benzene rings is 1. The number of carbonyl (C=O) groups is 1. The summed E-state index contributed by atoms with van der Waals surface area (Å²) in [6, 6.07) is 7.54.